The quantitative estimate of drug-likeness (QED) is 0.869. The van der Waals surface area contributed by atoms with Gasteiger partial charge < -0.3 is 10.2 Å². The topological polar surface area (TPSA) is 32.3 Å². The molecule has 0 spiro atoms. The maximum absolute atomic E-state index is 13.7. The van der Waals surface area contributed by atoms with Crippen molar-refractivity contribution in [1.82, 2.24) is 10.2 Å². The molecule has 0 aliphatic carbocycles. The van der Waals surface area contributed by atoms with Crippen LogP contribution in [0.15, 0.2) is 12.1 Å². The maximum atomic E-state index is 13.7. The molecule has 5 heteroatoms. The Hall–Kier alpha value is -1.49. The van der Waals surface area contributed by atoms with Gasteiger partial charge in [0.25, 0.3) is 5.91 Å². The molecule has 0 radical (unpaired) electrons. The lowest BCUT2D eigenvalue weighted by Gasteiger charge is -2.18. The van der Waals surface area contributed by atoms with Crippen LogP contribution in [0.4, 0.5) is 8.78 Å². The zero-order chi connectivity index (χ0) is 13.0. The summed E-state index contributed by atoms with van der Waals surface area (Å²) in [7, 11) is 3.26. The second-order valence-electron chi connectivity index (χ2n) is 3.88. The predicted octanol–water partition coefficient (Wildman–Crippen LogP) is 1.56. The van der Waals surface area contributed by atoms with Crippen LogP contribution >= 0.6 is 0 Å². The first-order valence-electron chi connectivity index (χ1n) is 5.33. The van der Waals surface area contributed by atoms with Crippen molar-refractivity contribution in [3.8, 4) is 0 Å². The van der Waals surface area contributed by atoms with E-state index in [1.807, 2.05) is 0 Å². The Balaban J connectivity index is 2.99. The van der Waals surface area contributed by atoms with Gasteiger partial charge in [-0.05, 0) is 25.6 Å². The van der Waals surface area contributed by atoms with Gasteiger partial charge >= 0.3 is 0 Å². The van der Waals surface area contributed by atoms with Crippen molar-refractivity contribution < 1.29 is 13.6 Å². The van der Waals surface area contributed by atoms with E-state index < -0.39 is 23.1 Å². The van der Waals surface area contributed by atoms with E-state index in [4.69, 9.17) is 0 Å². The number of nitrogens with zero attached hydrogens (tertiary/aromatic N) is 1. The first-order valence-corrected chi connectivity index (χ1v) is 5.33. The molecule has 0 heterocycles. The number of amides is 1. The van der Waals surface area contributed by atoms with Crippen LogP contribution < -0.4 is 5.32 Å². The zero-order valence-corrected chi connectivity index (χ0v) is 10.2. The normalized spacial score (nSPS) is 10.4. The number of hydrogen-bond acceptors (Lipinski definition) is 2. The summed E-state index contributed by atoms with van der Waals surface area (Å²) in [6.45, 7) is 2.46. The first kappa shape index (κ1) is 13.6. The van der Waals surface area contributed by atoms with Gasteiger partial charge in [-0.25, -0.2) is 8.78 Å². The minimum absolute atomic E-state index is 0.261. The summed E-state index contributed by atoms with van der Waals surface area (Å²) in [5.41, 5.74) is -0.222. The SMILES string of the molecule is CNCCN(C)C(=O)c1c(F)ccc(C)c1F. The molecule has 0 saturated carbocycles. The summed E-state index contributed by atoms with van der Waals surface area (Å²) >= 11 is 0. The van der Waals surface area contributed by atoms with Gasteiger partial charge in [-0.3, -0.25) is 4.79 Å². The van der Waals surface area contributed by atoms with E-state index in [1.165, 1.54) is 24.9 Å². The summed E-state index contributed by atoms with van der Waals surface area (Å²) in [4.78, 5) is 13.2. The van der Waals surface area contributed by atoms with Crippen LogP contribution in [-0.4, -0.2) is 38.0 Å². The Labute approximate surface area is 99.4 Å². The van der Waals surface area contributed by atoms with E-state index in [0.29, 0.717) is 13.1 Å². The van der Waals surface area contributed by atoms with E-state index in [1.54, 1.807) is 7.05 Å². The van der Waals surface area contributed by atoms with E-state index in [9.17, 15) is 13.6 Å². The Morgan fingerprint density at radius 1 is 1.41 bits per heavy atom. The molecule has 1 N–H and O–H groups in total. The van der Waals surface area contributed by atoms with Crippen molar-refractivity contribution >= 4 is 5.91 Å². The molecule has 0 atom stereocenters. The lowest BCUT2D eigenvalue weighted by Crippen LogP contribution is -2.34. The van der Waals surface area contributed by atoms with Crippen molar-refractivity contribution in [2.75, 3.05) is 27.2 Å². The summed E-state index contributed by atoms with van der Waals surface area (Å²) in [6, 6.07) is 2.42. The van der Waals surface area contributed by atoms with E-state index >= 15 is 0 Å². The largest absolute Gasteiger partial charge is 0.340 e. The third-order valence-corrected chi connectivity index (χ3v) is 2.54. The fourth-order valence-corrected chi connectivity index (χ4v) is 1.42. The fourth-order valence-electron chi connectivity index (χ4n) is 1.42. The third-order valence-electron chi connectivity index (χ3n) is 2.54. The van der Waals surface area contributed by atoms with Gasteiger partial charge in [0.05, 0.1) is 0 Å². The van der Waals surface area contributed by atoms with Gasteiger partial charge in [-0.2, -0.15) is 0 Å². The highest BCUT2D eigenvalue weighted by atomic mass is 19.1. The molecule has 0 fully saturated rings. The predicted molar refractivity (Wildman–Crippen MR) is 62.0 cm³/mol. The molecule has 1 aromatic carbocycles. The third kappa shape index (κ3) is 3.00. The summed E-state index contributed by atoms with van der Waals surface area (Å²) in [6.07, 6.45) is 0. The number of rotatable bonds is 4. The standard InChI is InChI=1S/C12H16F2N2O/c1-8-4-5-9(13)10(11(8)14)12(17)16(3)7-6-15-2/h4-5,15H,6-7H2,1-3H3. The van der Waals surface area contributed by atoms with Crippen molar-refractivity contribution in [2.45, 2.75) is 6.92 Å². The molecule has 1 rings (SSSR count). The van der Waals surface area contributed by atoms with Crippen LogP contribution in [0.2, 0.25) is 0 Å². The summed E-state index contributed by atoms with van der Waals surface area (Å²) in [5.74, 6) is -2.25. The first-order chi connectivity index (χ1) is 7.99. The Bertz CT molecular complexity index is 421. The number of hydrogen-bond donors (Lipinski definition) is 1. The second kappa shape index (κ2) is 5.72. The van der Waals surface area contributed by atoms with Crippen LogP contribution in [0, 0.1) is 18.6 Å². The number of carbonyl (C=O) groups is 1. The molecule has 94 valence electrons. The molecule has 0 aliphatic rings. The summed E-state index contributed by atoms with van der Waals surface area (Å²) in [5, 5.41) is 2.86. The van der Waals surface area contributed by atoms with Crippen LogP contribution in [-0.2, 0) is 0 Å². The molecule has 3 nitrogen and oxygen atoms in total. The van der Waals surface area contributed by atoms with Gasteiger partial charge in [0.2, 0.25) is 0 Å². The van der Waals surface area contributed by atoms with Crippen LogP contribution in [0.25, 0.3) is 0 Å². The molecule has 1 aromatic rings. The minimum Gasteiger partial charge on any atom is -0.340 e. The Kier molecular flexibility index (Phi) is 4.57. The van der Waals surface area contributed by atoms with Crippen molar-refractivity contribution in [3.63, 3.8) is 0 Å². The highest BCUT2D eigenvalue weighted by Gasteiger charge is 2.21. The number of aryl methyl sites for hydroxylation is 1. The highest BCUT2D eigenvalue weighted by Crippen LogP contribution is 2.17. The number of likely N-dealkylation sites (N-methyl/N-ethyl adjacent to an activating group) is 2. The molecule has 0 aliphatic heterocycles. The molecule has 17 heavy (non-hydrogen) atoms. The average molecular weight is 242 g/mol. The smallest absolute Gasteiger partial charge is 0.259 e. The molecule has 1 amide bonds. The zero-order valence-electron chi connectivity index (χ0n) is 10.2. The number of nitrogens with one attached hydrogen (secondary N) is 1. The Morgan fingerprint density at radius 2 is 2.06 bits per heavy atom. The monoisotopic (exact) mass is 242 g/mol. The van der Waals surface area contributed by atoms with Gasteiger partial charge in [0.15, 0.2) is 0 Å². The van der Waals surface area contributed by atoms with E-state index in [0.717, 1.165) is 6.07 Å². The lowest BCUT2D eigenvalue weighted by atomic mass is 10.1. The van der Waals surface area contributed by atoms with Crippen molar-refractivity contribution in [1.29, 1.82) is 0 Å². The molecular formula is C12H16F2N2O. The number of halogens is 2. The van der Waals surface area contributed by atoms with Crippen LogP contribution in [0.5, 0.6) is 0 Å². The van der Waals surface area contributed by atoms with Crippen molar-refractivity contribution in [3.05, 3.63) is 34.9 Å². The lowest BCUT2D eigenvalue weighted by molar-refractivity contribution is 0.0787. The van der Waals surface area contributed by atoms with Gasteiger partial charge in [-0.1, -0.05) is 6.07 Å². The number of carbonyl (C=O) groups excluding carboxylic acids is 1. The minimum atomic E-state index is -0.825. The van der Waals surface area contributed by atoms with Crippen molar-refractivity contribution in [2.24, 2.45) is 0 Å². The second-order valence-corrected chi connectivity index (χ2v) is 3.88. The van der Waals surface area contributed by atoms with E-state index in [-0.39, 0.29) is 5.56 Å². The van der Waals surface area contributed by atoms with Gasteiger partial charge in [0.1, 0.15) is 17.2 Å². The highest BCUT2D eigenvalue weighted by molar-refractivity contribution is 5.94. The molecule has 0 bridgehead atoms. The Morgan fingerprint density at radius 3 is 2.65 bits per heavy atom. The molecular weight excluding hydrogens is 226 g/mol. The molecule has 0 unspecified atom stereocenters. The maximum Gasteiger partial charge on any atom is 0.259 e. The fraction of sp³-hybridized carbons (Fsp3) is 0.417. The van der Waals surface area contributed by atoms with Crippen LogP contribution in [0.1, 0.15) is 15.9 Å². The van der Waals surface area contributed by atoms with Crippen LogP contribution in [0.3, 0.4) is 0 Å². The van der Waals surface area contributed by atoms with E-state index in [2.05, 4.69) is 5.32 Å². The van der Waals surface area contributed by atoms with Gasteiger partial charge in [0, 0.05) is 20.1 Å². The molecule has 0 aromatic heterocycles. The summed E-state index contributed by atoms with van der Waals surface area (Å²) < 4.78 is 27.2. The molecule has 0 saturated heterocycles. The number of benzene rings is 1. The van der Waals surface area contributed by atoms with Gasteiger partial charge in [-0.15, -0.1) is 0 Å². The average Bonchev–Trinajstić information content (AvgIpc) is 2.31.